The molecule has 1 aliphatic rings. The lowest BCUT2D eigenvalue weighted by Crippen LogP contribution is -2.34. The Morgan fingerprint density at radius 2 is 2.25 bits per heavy atom. The lowest BCUT2D eigenvalue weighted by molar-refractivity contribution is -0.124. The zero-order chi connectivity index (χ0) is 17.1. The number of carbonyl (C=O) groups is 2. The Hall–Kier alpha value is -2.55. The topological polar surface area (TPSA) is 108 Å². The molecule has 3 heterocycles. The molecule has 0 saturated carbocycles. The second-order valence-corrected chi connectivity index (χ2v) is 5.70. The summed E-state index contributed by atoms with van der Waals surface area (Å²) in [7, 11) is 0. The molecule has 3 rings (SSSR count). The molecule has 0 spiro atoms. The minimum atomic E-state index is -0.759. The third kappa shape index (κ3) is 3.67. The number of esters is 1. The SMILES string of the molecule is Cc1cc(C)n2nc(C(=O)OCC(=O)NCC3CCCO3)nc2n1. The Kier molecular flexibility index (Phi) is 4.70. The van der Waals surface area contributed by atoms with Crippen molar-refractivity contribution in [3.05, 3.63) is 23.3 Å². The van der Waals surface area contributed by atoms with Gasteiger partial charge in [-0.05, 0) is 32.8 Å². The van der Waals surface area contributed by atoms with Gasteiger partial charge in [0, 0.05) is 24.5 Å². The second kappa shape index (κ2) is 6.91. The Labute approximate surface area is 138 Å². The number of hydrogen-bond donors (Lipinski definition) is 1. The maximum Gasteiger partial charge on any atom is 0.378 e. The second-order valence-electron chi connectivity index (χ2n) is 5.70. The van der Waals surface area contributed by atoms with Crippen molar-refractivity contribution in [2.45, 2.75) is 32.8 Å². The van der Waals surface area contributed by atoms with E-state index in [2.05, 4.69) is 20.4 Å². The van der Waals surface area contributed by atoms with E-state index in [1.54, 1.807) is 0 Å². The van der Waals surface area contributed by atoms with Gasteiger partial charge in [-0.15, -0.1) is 5.10 Å². The van der Waals surface area contributed by atoms with Gasteiger partial charge in [0.1, 0.15) is 0 Å². The minimum Gasteiger partial charge on any atom is -0.450 e. The van der Waals surface area contributed by atoms with Crippen molar-refractivity contribution in [1.82, 2.24) is 24.9 Å². The van der Waals surface area contributed by atoms with Gasteiger partial charge in [0.05, 0.1) is 6.10 Å². The van der Waals surface area contributed by atoms with Crippen LogP contribution in [0.2, 0.25) is 0 Å². The van der Waals surface area contributed by atoms with Crippen LogP contribution in [0.3, 0.4) is 0 Å². The van der Waals surface area contributed by atoms with Crippen molar-refractivity contribution >= 4 is 17.7 Å². The molecule has 1 aliphatic heterocycles. The van der Waals surface area contributed by atoms with Crippen molar-refractivity contribution < 1.29 is 19.1 Å². The Morgan fingerprint density at radius 1 is 1.42 bits per heavy atom. The molecule has 24 heavy (non-hydrogen) atoms. The van der Waals surface area contributed by atoms with E-state index < -0.39 is 5.97 Å². The molecule has 0 aromatic carbocycles. The standard InChI is InChI=1S/C15H19N5O4/c1-9-6-10(2)20-15(17-9)18-13(19-20)14(22)24-8-12(21)16-7-11-4-3-5-23-11/h6,11H,3-5,7-8H2,1-2H3,(H,16,21). The van der Waals surface area contributed by atoms with E-state index in [4.69, 9.17) is 9.47 Å². The van der Waals surface area contributed by atoms with Crippen LogP contribution >= 0.6 is 0 Å². The first-order valence-corrected chi connectivity index (χ1v) is 7.79. The molecule has 0 aliphatic carbocycles. The molecule has 1 unspecified atom stereocenters. The van der Waals surface area contributed by atoms with Gasteiger partial charge in [0.15, 0.2) is 6.61 Å². The lowest BCUT2D eigenvalue weighted by atomic mass is 10.2. The summed E-state index contributed by atoms with van der Waals surface area (Å²) in [4.78, 5) is 31.9. The zero-order valence-electron chi connectivity index (χ0n) is 13.6. The van der Waals surface area contributed by atoms with Gasteiger partial charge in [-0.25, -0.2) is 14.3 Å². The van der Waals surface area contributed by atoms with E-state index in [9.17, 15) is 9.59 Å². The number of fused-ring (bicyclic) bond motifs is 1. The first-order valence-electron chi connectivity index (χ1n) is 7.79. The smallest absolute Gasteiger partial charge is 0.378 e. The summed E-state index contributed by atoms with van der Waals surface area (Å²) in [5, 5.41) is 6.73. The molecule has 2 aromatic rings. The first kappa shape index (κ1) is 16.3. The zero-order valence-corrected chi connectivity index (χ0v) is 13.6. The van der Waals surface area contributed by atoms with E-state index >= 15 is 0 Å². The van der Waals surface area contributed by atoms with Crippen LogP contribution in [0, 0.1) is 13.8 Å². The van der Waals surface area contributed by atoms with Crippen LogP contribution in [0.1, 0.15) is 34.8 Å². The number of ether oxygens (including phenoxy) is 2. The van der Waals surface area contributed by atoms with E-state index in [1.807, 2.05) is 19.9 Å². The maximum absolute atomic E-state index is 12.0. The number of carbonyl (C=O) groups excluding carboxylic acids is 2. The molecule has 9 nitrogen and oxygen atoms in total. The van der Waals surface area contributed by atoms with Crippen molar-refractivity contribution in [1.29, 1.82) is 0 Å². The Morgan fingerprint density at radius 3 is 3.00 bits per heavy atom. The quantitative estimate of drug-likeness (QED) is 0.778. The molecule has 0 radical (unpaired) electrons. The summed E-state index contributed by atoms with van der Waals surface area (Å²) in [5.41, 5.74) is 1.58. The molecule has 9 heteroatoms. The van der Waals surface area contributed by atoms with Gasteiger partial charge in [0.25, 0.3) is 17.5 Å². The van der Waals surface area contributed by atoms with Crippen molar-refractivity contribution in [3.8, 4) is 0 Å². The summed E-state index contributed by atoms with van der Waals surface area (Å²) in [6, 6.07) is 1.83. The van der Waals surface area contributed by atoms with Gasteiger partial charge in [0.2, 0.25) is 0 Å². The highest BCUT2D eigenvalue weighted by Crippen LogP contribution is 2.10. The fourth-order valence-electron chi connectivity index (χ4n) is 2.53. The summed E-state index contributed by atoms with van der Waals surface area (Å²) in [6.45, 7) is 4.43. The molecular weight excluding hydrogens is 314 g/mol. The number of aromatic nitrogens is 4. The molecule has 1 saturated heterocycles. The van der Waals surface area contributed by atoms with Gasteiger partial charge in [-0.1, -0.05) is 0 Å². The summed E-state index contributed by atoms with van der Waals surface area (Å²) in [5.74, 6) is -0.942. The predicted octanol–water partition coefficient (Wildman–Crippen LogP) is 0.193. The average molecular weight is 333 g/mol. The van der Waals surface area contributed by atoms with Crippen LogP contribution in [0.4, 0.5) is 0 Å². The number of aryl methyl sites for hydroxylation is 2. The number of amides is 1. The molecule has 2 aromatic heterocycles. The molecule has 1 amide bonds. The normalized spacial score (nSPS) is 17.2. The Bertz CT molecular complexity index is 767. The largest absolute Gasteiger partial charge is 0.450 e. The third-order valence-electron chi connectivity index (χ3n) is 3.69. The fraction of sp³-hybridized carbons (Fsp3) is 0.533. The number of nitrogens with zero attached hydrogens (tertiary/aromatic N) is 4. The van der Waals surface area contributed by atoms with Gasteiger partial charge >= 0.3 is 5.97 Å². The lowest BCUT2D eigenvalue weighted by Gasteiger charge is -2.10. The van der Waals surface area contributed by atoms with Gasteiger partial charge in [-0.2, -0.15) is 4.98 Å². The summed E-state index contributed by atoms with van der Waals surface area (Å²) in [6.07, 6.45) is 1.97. The first-order chi connectivity index (χ1) is 11.5. The molecule has 1 atom stereocenters. The van der Waals surface area contributed by atoms with Gasteiger partial charge < -0.3 is 14.8 Å². The molecule has 0 bridgehead atoms. The summed E-state index contributed by atoms with van der Waals surface area (Å²) < 4.78 is 11.8. The Balaban J connectivity index is 1.54. The van der Waals surface area contributed by atoms with Crippen LogP contribution < -0.4 is 5.32 Å². The predicted molar refractivity (Wildman–Crippen MR) is 82.5 cm³/mol. The van der Waals surface area contributed by atoms with Crippen LogP contribution in [0.25, 0.3) is 5.78 Å². The van der Waals surface area contributed by atoms with E-state index in [1.165, 1.54) is 4.52 Å². The molecule has 1 fully saturated rings. The number of rotatable bonds is 5. The monoisotopic (exact) mass is 333 g/mol. The van der Waals surface area contributed by atoms with Crippen molar-refractivity contribution in [3.63, 3.8) is 0 Å². The van der Waals surface area contributed by atoms with E-state index in [-0.39, 0.29) is 24.4 Å². The maximum atomic E-state index is 12.0. The highest BCUT2D eigenvalue weighted by atomic mass is 16.5. The highest BCUT2D eigenvalue weighted by Gasteiger charge is 2.19. The minimum absolute atomic E-state index is 0.0436. The van der Waals surface area contributed by atoms with Crippen LogP contribution in [-0.2, 0) is 14.3 Å². The van der Waals surface area contributed by atoms with Gasteiger partial charge in [-0.3, -0.25) is 4.79 Å². The average Bonchev–Trinajstić information content (AvgIpc) is 3.19. The number of hydrogen-bond acceptors (Lipinski definition) is 7. The van der Waals surface area contributed by atoms with Crippen molar-refractivity contribution in [2.24, 2.45) is 0 Å². The van der Waals surface area contributed by atoms with Crippen LogP contribution in [0.15, 0.2) is 6.07 Å². The number of nitrogens with one attached hydrogen (secondary N) is 1. The molecule has 128 valence electrons. The van der Waals surface area contributed by atoms with E-state index in [0.717, 1.165) is 30.8 Å². The summed E-state index contributed by atoms with van der Waals surface area (Å²) >= 11 is 0. The highest BCUT2D eigenvalue weighted by molar-refractivity contribution is 5.88. The third-order valence-corrected chi connectivity index (χ3v) is 3.69. The van der Waals surface area contributed by atoms with E-state index in [0.29, 0.717) is 12.3 Å². The van der Waals surface area contributed by atoms with Crippen molar-refractivity contribution in [2.75, 3.05) is 19.8 Å². The fourth-order valence-corrected chi connectivity index (χ4v) is 2.53. The van der Waals surface area contributed by atoms with Crippen LogP contribution in [0.5, 0.6) is 0 Å². The molecule has 1 N–H and O–H groups in total. The molecular formula is C15H19N5O4. The van der Waals surface area contributed by atoms with Crippen LogP contribution in [-0.4, -0.2) is 57.3 Å².